The first-order valence-electron chi connectivity index (χ1n) is 27.1. The molecule has 11 rings (SSSR count). The minimum absolute atomic E-state index is 0.189. The van der Waals surface area contributed by atoms with E-state index in [-0.39, 0.29) is 30.0 Å². The smallest absolute Gasteiger partial charge is 0.159 e. The number of piperidine rings is 2. The van der Waals surface area contributed by atoms with Gasteiger partial charge in [0.2, 0.25) is 0 Å². The number of hydrogen-bond acceptors (Lipinski definition) is 8. The second-order valence-electron chi connectivity index (χ2n) is 20.5. The van der Waals surface area contributed by atoms with Gasteiger partial charge >= 0.3 is 0 Å². The molecule has 398 valence electrons. The van der Waals surface area contributed by atoms with Crippen molar-refractivity contribution in [3.05, 3.63) is 225 Å². The lowest BCUT2D eigenvalue weighted by Crippen LogP contribution is -2.39. The van der Waals surface area contributed by atoms with E-state index in [0.29, 0.717) is 29.6 Å². The number of fused-ring (bicyclic) bond motifs is 2. The Morgan fingerprint density at radius 2 is 0.883 bits per heavy atom. The van der Waals surface area contributed by atoms with Gasteiger partial charge in [0.15, 0.2) is 12.6 Å². The molecule has 8 nitrogen and oxygen atoms in total. The Bertz CT molecular complexity index is 3160. The molecular formula is C67H70F2N2O6. The van der Waals surface area contributed by atoms with Crippen LogP contribution in [0.1, 0.15) is 88.6 Å². The molecule has 1 N–H and O–H groups in total. The summed E-state index contributed by atoms with van der Waals surface area (Å²) in [6, 6.07) is 53.8. The summed E-state index contributed by atoms with van der Waals surface area (Å²) in [5.74, 6) is 1.36. The quantitative estimate of drug-likeness (QED) is 0.102. The number of rotatable bonds is 15. The molecule has 7 aromatic rings. The highest BCUT2D eigenvalue weighted by molar-refractivity contribution is 6.02. The molecule has 2 aliphatic carbocycles. The Labute approximate surface area is 453 Å². The lowest BCUT2D eigenvalue weighted by molar-refractivity contribution is -0.141. The van der Waals surface area contributed by atoms with Crippen molar-refractivity contribution in [3.8, 4) is 11.5 Å². The van der Waals surface area contributed by atoms with Gasteiger partial charge in [0.05, 0.1) is 0 Å². The molecule has 0 atom stereocenters. The van der Waals surface area contributed by atoms with Gasteiger partial charge in [0.25, 0.3) is 0 Å². The molecule has 2 saturated heterocycles. The number of aryl methyl sites for hydroxylation is 2. The Hall–Kier alpha value is -7.08. The first-order chi connectivity index (χ1) is 37.7. The standard InChI is InChI=1S/C37H38FNO3.C30H32FNO3/c1-40-37(41-2)28-19-21-39(22-20-28)30-14-17-34(35(38)24-30)36-32(27-11-7-4-8-12-27)16-13-29-23-31(15-18-33(29)36)42-25-26-9-5-3-6-10-26;1-34-30(35-2)21-14-16-32(17-15-21)23-9-12-27(28(31)19-23)29-25(20-6-4-3-5-7-20)11-8-22-18-24(33)10-13-26(22)29/h3-12,14-15,17-18,23-24,28,37H,13,16,19-22,25H2,1-2H3;3-7,9-10,12-13,18-19,21,30,33H,8,11,14-17H2,1-2H3. The van der Waals surface area contributed by atoms with Crippen LogP contribution in [0.25, 0.3) is 22.3 Å². The number of aromatic hydroxyl groups is 1. The highest BCUT2D eigenvalue weighted by Crippen LogP contribution is 2.45. The van der Waals surface area contributed by atoms with Gasteiger partial charge in [0, 0.05) is 89.0 Å². The van der Waals surface area contributed by atoms with Crippen LogP contribution >= 0.6 is 0 Å². The Kier molecular flexibility index (Phi) is 17.3. The minimum atomic E-state index is -0.222. The topological polar surface area (TPSA) is 72.9 Å². The normalized spacial score (nSPS) is 16.1. The summed E-state index contributed by atoms with van der Waals surface area (Å²) < 4.78 is 60.0. The number of allylic oxidation sites excluding steroid dienone is 2. The van der Waals surface area contributed by atoms with Gasteiger partial charge in [-0.05, 0) is 173 Å². The molecule has 7 aromatic carbocycles. The van der Waals surface area contributed by atoms with Crippen molar-refractivity contribution >= 4 is 33.7 Å². The molecule has 0 saturated carbocycles. The van der Waals surface area contributed by atoms with Gasteiger partial charge < -0.3 is 38.6 Å². The summed E-state index contributed by atoms with van der Waals surface area (Å²) in [4.78, 5) is 4.51. The predicted molar refractivity (Wildman–Crippen MR) is 305 cm³/mol. The van der Waals surface area contributed by atoms with E-state index < -0.39 is 0 Å². The number of phenolic OH excluding ortho intramolecular Hbond substituents is 1. The molecule has 0 aromatic heterocycles. The van der Waals surface area contributed by atoms with E-state index in [9.17, 15) is 5.11 Å². The summed E-state index contributed by atoms with van der Waals surface area (Å²) >= 11 is 0. The molecular weight excluding hydrogens is 967 g/mol. The van der Waals surface area contributed by atoms with Crippen LogP contribution in [-0.4, -0.2) is 72.3 Å². The molecule has 0 radical (unpaired) electrons. The van der Waals surface area contributed by atoms with E-state index in [1.807, 2.05) is 72.8 Å². The fourth-order valence-electron chi connectivity index (χ4n) is 12.1. The number of ether oxygens (including phenoxy) is 5. The molecule has 4 aliphatic rings. The fraction of sp³-hybridized carbons (Fsp3) is 0.313. The number of hydrogen-bond donors (Lipinski definition) is 1. The van der Waals surface area contributed by atoms with Crippen molar-refractivity contribution in [1.29, 1.82) is 0 Å². The third-order valence-corrected chi connectivity index (χ3v) is 16.0. The first kappa shape index (κ1) is 53.3. The van der Waals surface area contributed by atoms with Gasteiger partial charge in [-0.3, -0.25) is 0 Å². The second-order valence-corrected chi connectivity index (χ2v) is 20.5. The summed E-state index contributed by atoms with van der Waals surface area (Å²) in [6.45, 7) is 3.89. The number of phenols is 1. The number of benzene rings is 7. The van der Waals surface area contributed by atoms with Crippen LogP contribution in [0.15, 0.2) is 164 Å². The Balaban J connectivity index is 0.000000178. The summed E-state index contributed by atoms with van der Waals surface area (Å²) in [7, 11) is 6.74. The molecule has 0 bridgehead atoms. The average molecular weight is 1040 g/mol. The molecule has 2 heterocycles. The van der Waals surface area contributed by atoms with Crippen LogP contribution in [0.3, 0.4) is 0 Å². The number of anilines is 2. The monoisotopic (exact) mass is 1040 g/mol. The lowest BCUT2D eigenvalue weighted by atomic mass is 9.79. The highest BCUT2D eigenvalue weighted by Gasteiger charge is 2.31. The van der Waals surface area contributed by atoms with Gasteiger partial charge in [-0.2, -0.15) is 0 Å². The minimum Gasteiger partial charge on any atom is -0.508 e. The summed E-state index contributed by atoms with van der Waals surface area (Å²) in [6.07, 6.45) is 6.72. The molecule has 77 heavy (non-hydrogen) atoms. The molecule has 2 fully saturated rings. The zero-order valence-corrected chi connectivity index (χ0v) is 44.7. The molecule has 10 heteroatoms. The van der Waals surface area contributed by atoms with Crippen LogP contribution in [0.5, 0.6) is 11.5 Å². The molecule has 0 spiro atoms. The van der Waals surface area contributed by atoms with Crippen molar-refractivity contribution in [1.82, 2.24) is 0 Å². The number of halogens is 2. The Morgan fingerprint density at radius 3 is 1.32 bits per heavy atom. The van der Waals surface area contributed by atoms with E-state index in [2.05, 4.69) is 76.5 Å². The third-order valence-electron chi connectivity index (χ3n) is 16.0. The zero-order chi connectivity index (χ0) is 53.3. The van der Waals surface area contributed by atoms with E-state index in [1.54, 1.807) is 52.7 Å². The van der Waals surface area contributed by atoms with E-state index in [1.165, 1.54) is 11.1 Å². The Morgan fingerprint density at radius 1 is 0.468 bits per heavy atom. The van der Waals surface area contributed by atoms with Crippen molar-refractivity contribution < 1.29 is 37.6 Å². The van der Waals surface area contributed by atoms with Crippen molar-refractivity contribution in [2.75, 3.05) is 64.4 Å². The SMILES string of the molecule is COC(OC)C1CCN(c2ccc(C3=C(c4ccccc4)CCc4cc(O)ccc43)c(F)c2)CC1.COC(OC)C1CCN(c2ccc(C3=C(c4ccccc4)CCc4cc(OCc5ccccc5)ccc43)c(F)c2)CC1. The molecule has 0 unspecified atom stereocenters. The maximum absolute atomic E-state index is 16.1. The molecule has 0 amide bonds. The van der Waals surface area contributed by atoms with Gasteiger partial charge in [-0.1, -0.05) is 103 Å². The largest absolute Gasteiger partial charge is 0.508 e. The van der Waals surface area contributed by atoms with E-state index >= 15 is 8.78 Å². The maximum Gasteiger partial charge on any atom is 0.159 e. The second kappa shape index (κ2) is 24.9. The van der Waals surface area contributed by atoms with Crippen LogP contribution in [0, 0.1) is 23.5 Å². The summed E-state index contributed by atoms with van der Waals surface area (Å²) in [5.41, 5.74) is 15.0. The van der Waals surface area contributed by atoms with Crippen LogP contribution in [0.4, 0.5) is 20.2 Å². The van der Waals surface area contributed by atoms with Crippen LogP contribution in [0.2, 0.25) is 0 Å². The van der Waals surface area contributed by atoms with Gasteiger partial charge in [-0.25, -0.2) is 8.78 Å². The van der Waals surface area contributed by atoms with Gasteiger partial charge in [0.1, 0.15) is 29.7 Å². The first-order valence-corrected chi connectivity index (χ1v) is 27.1. The fourth-order valence-corrected chi connectivity index (χ4v) is 12.1. The van der Waals surface area contributed by atoms with Crippen molar-refractivity contribution in [2.24, 2.45) is 11.8 Å². The zero-order valence-electron chi connectivity index (χ0n) is 44.7. The van der Waals surface area contributed by atoms with Crippen LogP contribution < -0.4 is 14.5 Å². The van der Waals surface area contributed by atoms with Crippen molar-refractivity contribution in [2.45, 2.75) is 70.6 Å². The number of methoxy groups -OCH3 is 4. The van der Waals surface area contributed by atoms with Crippen LogP contribution in [-0.2, 0) is 38.4 Å². The van der Waals surface area contributed by atoms with E-state index in [0.717, 1.165) is 145 Å². The maximum atomic E-state index is 16.1. The molecule has 2 aliphatic heterocycles. The number of nitrogens with zero attached hydrogens (tertiary/aromatic N) is 2. The highest BCUT2D eigenvalue weighted by atomic mass is 19.1. The van der Waals surface area contributed by atoms with Gasteiger partial charge in [-0.15, -0.1) is 0 Å². The predicted octanol–water partition coefficient (Wildman–Crippen LogP) is 14.4. The van der Waals surface area contributed by atoms with E-state index in [4.69, 9.17) is 23.7 Å². The lowest BCUT2D eigenvalue weighted by Gasteiger charge is -2.36. The van der Waals surface area contributed by atoms with Crippen molar-refractivity contribution in [3.63, 3.8) is 0 Å². The third kappa shape index (κ3) is 12.1. The average Bonchev–Trinajstić information content (AvgIpc) is 3.50. The summed E-state index contributed by atoms with van der Waals surface area (Å²) in [5, 5.41) is 10.0.